The van der Waals surface area contributed by atoms with Gasteiger partial charge in [-0.2, -0.15) is 5.10 Å². The zero-order chi connectivity index (χ0) is 20.2. The first kappa shape index (κ1) is 17.9. The molecule has 0 radical (unpaired) electrons. The number of aromatic nitrogens is 3. The van der Waals surface area contributed by atoms with Crippen molar-refractivity contribution in [2.24, 2.45) is 5.41 Å². The lowest BCUT2D eigenvalue weighted by atomic mass is 9.92. The Kier molecular flexibility index (Phi) is 3.97. The number of fused-ring (bicyclic) bond motifs is 1. The van der Waals surface area contributed by atoms with E-state index in [-0.39, 0.29) is 34.9 Å². The fourth-order valence-corrected chi connectivity index (χ4v) is 4.39. The van der Waals surface area contributed by atoms with E-state index in [9.17, 15) is 14.4 Å². The highest BCUT2D eigenvalue weighted by Gasteiger charge is 2.56. The van der Waals surface area contributed by atoms with E-state index in [1.165, 1.54) is 6.20 Å². The van der Waals surface area contributed by atoms with Crippen LogP contribution < -0.4 is 5.32 Å². The molecule has 0 bridgehead atoms. The Morgan fingerprint density at radius 2 is 2.03 bits per heavy atom. The SMILES string of the molecule is CN1CCn2nc(C(=O)N3CCC4(CC3)CC4NC(=O)c3ccno3)cc2C1=O. The summed E-state index contributed by atoms with van der Waals surface area (Å²) in [5, 5.41) is 10.9. The first-order valence-corrected chi connectivity index (χ1v) is 9.81. The van der Waals surface area contributed by atoms with Gasteiger partial charge in [-0.25, -0.2) is 0 Å². The maximum absolute atomic E-state index is 12.9. The van der Waals surface area contributed by atoms with Gasteiger partial charge < -0.3 is 19.6 Å². The standard InChI is InChI=1S/C19H22N6O4/c1-23-8-9-25-13(18(23)28)10-12(22-25)17(27)24-6-3-19(4-7-24)11-15(19)21-16(26)14-2-5-20-29-14/h2,5,10,15H,3-4,6-9,11H2,1H3,(H,21,26). The van der Waals surface area contributed by atoms with Crippen molar-refractivity contribution < 1.29 is 18.9 Å². The van der Waals surface area contributed by atoms with Crippen LogP contribution in [-0.2, 0) is 6.54 Å². The molecular formula is C19H22N6O4. The summed E-state index contributed by atoms with van der Waals surface area (Å²) in [6, 6.07) is 3.24. The van der Waals surface area contributed by atoms with E-state index in [0.29, 0.717) is 37.6 Å². The molecular weight excluding hydrogens is 376 g/mol. The lowest BCUT2D eigenvalue weighted by Crippen LogP contribution is -2.42. The number of piperidine rings is 1. The van der Waals surface area contributed by atoms with E-state index < -0.39 is 0 Å². The fraction of sp³-hybridized carbons (Fsp3) is 0.526. The number of amides is 3. The minimum Gasteiger partial charge on any atom is -0.351 e. The molecule has 1 saturated carbocycles. The second-order valence-electron chi connectivity index (χ2n) is 8.13. The van der Waals surface area contributed by atoms with Gasteiger partial charge in [0.15, 0.2) is 5.69 Å². The monoisotopic (exact) mass is 398 g/mol. The topological polar surface area (TPSA) is 114 Å². The smallest absolute Gasteiger partial charge is 0.290 e. The predicted octanol–water partition coefficient (Wildman–Crippen LogP) is 0.381. The van der Waals surface area contributed by atoms with Crippen molar-refractivity contribution in [1.82, 2.24) is 30.1 Å². The molecule has 1 saturated heterocycles. The molecule has 2 fully saturated rings. The third-order valence-corrected chi connectivity index (χ3v) is 6.42. The third-order valence-electron chi connectivity index (χ3n) is 6.42. The molecule has 3 aliphatic rings. The van der Waals surface area contributed by atoms with Crippen LogP contribution >= 0.6 is 0 Å². The van der Waals surface area contributed by atoms with E-state index in [2.05, 4.69) is 15.6 Å². The number of rotatable bonds is 3. The highest BCUT2D eigenvalue weighted by atomic mass is 16.5. The fourth-order valence-electron chi connectivity index (χ4n) is 4.39. The molecule has 1 aliphatic carbocycles. The second kappa shape index (κ2) is 6.43. The van der Waals surface area contributed by atoms with Crippen LogP contribution in [0.4, 0.5) is 0 Å². The summed E-state index contributed by atoms with van der Waals surface area (Å²) in [6.07, 6.45) is 4.01. The van der Waals surface area contributed by atoms with E-state index in [1.807, 2.05) is 0 Å². The molecule has 152 valence electrons. The Morgan fingerprint density at radius 1 is 1.24 bits per heavy atom. The number of carbonyl (C=O) groups is 3. The van der Waals surface area contributed by atoms with Crippen molar-refractivity contribution >= 4 is 17.7 Å². The van der Waals surface area contributed by atoms with Crippen molar-refractivity contribution in [3.63, 3.8) is 0 Å². The number of hydrogen-bond donors (Lipinski definition) is 1. The van der Waals surface area contributed by atoms with Gasteiger partial charge >= 0.3 is 0 Å². The zero-order valence-electron chi connectivity index (χ0n) is 16.1. The first-order valence-electron chi connectivity index (χ1n) is 9.81. The van der Waals surface area contributed by atoms with Crippen molar-refractivity contribution in [2.45, 2.75) is 31.8 Å². The van der Waals surface area contributed by atoms with Crippen LogP contribution in [0.2, 0.25) is 0 Å². The van der Waals surface area contributed by atoms with Crippen LogP contribution in [0.15, 0.2) is 22.9 Å². The largest absolute Gasteiger partial charge is 0.351 e. The van der Waals surface area contributed by atoms with Gasteiger partial charge in [-0.05, 0) is 24.7 Å². The van der Waals surface area contributed by atoms with Crippen LogP contribution in [0.1, 0.15) is 50.8 Å². The normalized spacial score (nSPS) is 22.5. The lowest BCUT2D eigenvalue weighted by molar-refractivity contribution is 0.0658. The Hall–Kier alpha value is -3.17. The summed E-state index contributed by atoms with van der Waals surface area (Å²) in [5.74, 6) is -0.284. The number of likely N-dealkylation sites (tertiary alicyclic amines) is 1. The van der Waals surface area contributed by atoms with Gasteiger partial charge in [0, 0.05) is 44.9 Å². The van der Waals surface area contributed by atoms with Crippen molar-refractivity contribution in [3.05, 3.63) is 35.5 Å². The molecule has 1 atom stereocenters. The molecule has 10 heteroatoms. The lowest BCUT2D eigenvalue weighted by Gasteiger charge is -2.32. The molecule has 3 amide bonds. The summed E-state index contributed by atoms with van der Waals surface area (Å²) in [4.78, 5) is 40.7. The van der Waals surface area contributed by atoms with Gasteiger partial charge in [0.1, 0.15) is 5.69 Å². The van der Waals surface area contributed by atoms with Gasteiger partial charge in [0.25, 0.3) is 17.7 Å². The molecule has 5 rings (SSSR count). The Morgan fingerprint density at radius 3 is 2.76 bits per heavy atom. The molecule has 2 aliphatic heterocycles. The third kappa shape index (κ3) is 2.99. The molecule has 1 unspecified atom stereocenters. The number of carbonyl (C=O) groups excluding carboxylic acids is 3. The maximum Gasteiger partial charge on any atom is 0.290 e. The molecule has 2 aromatic heterocycles. The van der Waals surface area contributed by atoms with Crippen LogP contribution in [-0.4, -0.2) is 75.2 Å². The summed E-state index contributed by atoms with van der Waals surface area (Å²) < 4.78 is 6.52. The number of hydrogen-bond acceptors (Lipinski definition) is 6. The molecule has 0 aromatic carbocycles. The highest BCUT2D eigenvalue weighted by molar-refractivity contribution is 5.98. The molecule has 2 aromatic rings. The minimum absolute atomic E-state index is 0.0541. The van der Waals surface area contributed by atoms with Gasteiger partial charge in [-0.15, -0.1) is 0 Å². The van der Waals surface area contributed by atoms with Gasteiger partial charge in [0.05, 0.1) is 12.7 Å². The molecule has 1 N–H and O–H groups in total. The molecule has 1 spiro atoms. The predicted molar refractivity (Wildman–Crippen MR) is 99.1 cm³/mol. The average molecular weight is 398 g/mol. The molecule has 29 heavy (non-hydrogen) atoms. The summed E-state index contributed by atoms with van der Waals surface area (Å²) >= 11 is 0. The summed E-state index contributed by atoms with van der Waals surface area (Å²) in [5.41, 5.74) is 0.844. The van der Waals surface area contributed by atoms with Crippen LogP contribution in [0.25, 0.3) is 0 Å². The molecule has 10 nitrogen and oxygen atoms in total. The Balaban J connectivity index is 1.20. The van der Waals surface area contributed by atoms with Crippen molar-refractivity contribution in [3.8, 4) is 0 Å². The van der Waals surface area contributed by atoms with Crippen molar-refractivity contribution in [1.29, 1.82) is 0 Å². The van der Waals surface area contributed by atoms with Gasteiger partial charge in [0.2, 0.25) is 5.76 Å². The second-order valence-corrected chi connectivity index (χ2v) is 8.13. The van der Waals surface area contributed by atoms with Crippen LogP contribution in [0.5, 0.6) is 0 Å². The number of nitrogens with one attached hydrogen (secondary N) is 1. The first-order chi connectivity index (χ1) is 14.0. The van der Waals surface area contributed by atoms with E-state index >= 15 is 0 Å². The van der Waals surface area contributed by atoms with Gasteiger partial charge in [-0.3, -0.25) is 19.1 Å². The number of likely N-dealkylation sites (N-methyl/N-ethyl adjacent to an activating group) is 1. The van der Waals surface area contributed by atoms with Crippen LogP contribution in [0.3, 0.4) is 0 Å². The minimum atomic E-state index is -0.249. The van der Waals surface area contributed by atoms with E-state index in [0.717, 1.165) is 19.3 Å². The summed E-state index contributed by atoms with van der Waals surface area (Å²) in [6.45, 7) is 2.42. The maximum atomic E-state index is 12.9. The highest BCUT2D eigenvalue weighted by Crippen LogP contribution is 2.54. The van der Waals surface area contributed by atoms with Crippen molar-refractivity contribution in [2.75, 3.05) is 26.7 Å². The Labute approximate surface area is 166 Å². The Bertz CT molecular complexity index is 973. The summed E-state index contributed by atoms with van der Waals surface area (Å²) in [7, 11) is 1.75. The molecule has 4 heterocycles. The van der Waals surface area contributed by atoms with Crippen LogP contribution in [0, 0.1) is 5.41 Å². The quantitative estimate of drug-likeness (QED) is 0.800. The number of nitrogens with zero attached hydrogens (tertiary/aromatic N) is 5. The average Bonchev–Trinajstić information content (AvgIpc) is 3.15. The zero-order valence-corrected chi connectivity index (χ0v) is 16.1. The van der Waals surface area contributed by atoms with E-state index in [1.54, 1.807) is 33.7 Å². The van der Waals surface area contributed by atoms with E-state index in [4.69, 9.17) is 4.52 Å². The van der Waals surface area contributed by atoms with Gasteiger partial charge in [-0.1, -0.05) is 5.16 Å².